The Morgan fingerprint density at radius 1 is 1.27 bits per heavy atom. The number of rotatable bonds is 2. The van der Waals surface area contributed by atoms with Crippen molar-refractivity contribution in [3.05, 3.63) is 35.4 Å². The predicted molar refractivity (Wildman–Crippen MR) is 60.1 cm³/mol. The van der Waals surface area contributed by atoms with Crippen molar-refractivity contribution in [3.8, 4) is 0 Å². The fourth-order valence-electron chi connectivity index (χ4n) is 2.21. The molecule has 1 fully saturated rings. The van der Waals surface area contributed by atoms with Gasteiger partial charge in [-0.1, -0.05) is 34.5 Å². The van der Waals surface area contributed by atoms with Gasteiger partial charge in [0.2, 0.25) is 0 Å². The van der Waals surface area contributed by atoms with Gasteiger partial charge in [-0.05, 0) is 36.8 Å². The third-order valence-corrected chi connectivity index (χ3v) is 4.29. The molecular formula is C12H13BrF2. The molecule has 0 spiro atoms. The van der Waals surface area contributed by atoms with Crippen molar-refractivity contribution < 1.29 is 8.78 Å². The second-order valence-electron chi connectivity index (χ2n) is 4.12. The first kappa shape index (κ1) is 11.1. The molecule has 0 nitrogen and oxygen atoms in total. The number of hydrogen-bond donors (Lipinski definition) is 0. The highest BCUT2D eigenvalue weighted by Gasteiger charge is 2.26. The lowest BCUT2D eigenvalue weighted by molar-refractivity contribution is 0.480. The number of alkyl halides is 1. The summed E-state index contributed by atoms with van der Waals surface area (Å²) in [6, 6.07) is 4.42. The summed E-state index contributed by atoms with van der Waals surface area (Å²) in [5, 5.41) is 0. The molecule has 0 aromatic heterocycles. The van der Waals surface area contributed by atoms with Gasteiger partial charge in [0.05, 0.1) is 0 Å². The minimum atomic E-state index is -0.739. The van der Waals surface area contributed by atoms with E-state index in [0.717, 1.165) is 12.8 Å². The fraction of sp³-hybridized carbons (Fsp3) is 0.500. The molecule has 0 N–H and O–H groups in total. The zero-order valence-corrected chi connectivity index (χ0v) is 9.94. The van der Waals surface area contributed by atoms with Crippen LogP contribution in [0.15, 0.2) is 18.2 Å². The zero-order chi connectivity index (χ0) is 10.8. The highest BCUT2D eigenvalue weighted by atomic mass is 79.9. The standard InChI is InChI=1S/C12H13BrF2/c13-10-5-1-3-8(10)7-9-4-2-6-11(14)12(9)15/h2,4,6,8,10H,1,3,5,7H2. The van der Waals surface area contributed by atoms with Crippen LogP contribution in [0.5, 0.6) is 0 Å². The topological polar surface area (TPSA) is 0 Å². The molecule has 2 unspecified atom stereocenters. The summed E-state index contributed by atoms with van der Waals surface area (Å²) in [4.78, 5) is 0.458. The molecule has 0 radical (unpaired) electrons. The van der Waals surface area contributed by atoms with Crippen LogP contribution < -0.4 is 0 Å². The molecule has 1 saturated carbocycles. The molecule has 0 amide bonds. The van der Waals surface area contributed by atoms with E-state index in [2.05, 4.69) is 15.9 Å². The smallest absolute Gasteiger partial charge is 0.162 e. The van der Waals surface area contributed by atoms with E-state index in [9.17, 15) is 8.78 Å². The molecule has 0 aliphatic heterocycles. The van der Waals surface area contributed by atoms with Gasteiger partial charge in [-0.15, -0.1) is 0 Å². The number of halogens is 3. The van der Waals surface area contributed by atoms with Crippen LogP contribution in [0.1, 0.15) is 24.8 Å². The first-order valence-corrected chi connectivity index (χ1v) is 6.17. The summed E-state index contributed by atoms with van der Waals surface area (Å²) in [6.07, 6.45) is 4.06. The lowest BCUT2D eigenvalue weighted by Crippen LogP contribution is -2.11. The SMILES string of the molecule is Fc1cccc(CC2CCCC2Br)c1F. The van der Waals surface area contributed by atoms with Crippen molar-refractivity contribution in [2.75, 3.05) is 0 Å². The normalized spacial score (nSPS) is 25.8. The number of hydrogen-bond acceptors (Lipinski definition) is 0. The van der Waals surface area contributed by atoms with Crippen LogP contribution in [0.25, 0.3) is 0 Å². The molecule has 1 aromatic carbocycles. The van der Waals surface area contributed by atoms with Gasteiger partial charge in [-0.2, -0.15) is 0 Å². The molecule has 1 aliphatic rings. The van der Waals surface area contributed by atoms with E-state index in [0.29, 0.717) is 22.7 Å². The van der Waals surface area contributed by atoms with Crippen LogP contribution >= 0.6 is 15.9 Å². The van der Waals surface area contributed by atoms with Gasteiger partial charge in [0.25, 0.3) is 0 Å². The maximum Gasteiger partial charge on any atom is 0.162 e. The Kier molecular flexibility index (Phi) is 3.39. The van der Waals surface area contributed by atoms with Crippen molar-refractivity contribution in [1.82, 2.24) is 0 Å². The maximum absolute atomic E-state index is 13.4. The molecule has 82 valence electrons. The highest BCUT2D eigenvalue weighted by Crippen LogP contribution is 2.34. The Morgan fingerprint density at radius 2 is 2.07 bits per heavy atom. The van der Waals surface area contributed by atoms with Crippen LogP contribution in [-0.4, -0.2) is 4.83 Å². The second-order valence-corrected chi connectivity index (χ2v) is 5.30. The van der Waals surface area contributed by atoms with Gasteiger partial charge in [0, 0.05) is 4.83 Å². The average molecular weight is 275 g/mol. The lowest BCUT2D eigenvalue weighted by Gasteiger charge is -2.14. The van der Waals surface area contributed by atoms with Crippen molar-refractivity contribution >= 4 is 15.9 Å². The van der Waals surface area contributed by atoms with Gasteiger partial charge < -0.3 is 0 Å². The Hall–Kier alpha value is -0.440. The summed E-state index contributed by atoms with van der Waals surface area (Å²) < 4.78 is 26.4. The molecule has 1 aliphatic carbocycles. The van der Waals surface area contributed by atoms with E-state index in [1.807, 2.05) is 0 Å². The molecule has 1 aromatic rings. The largest absolute Gasteiger partial charge is 0.204 e. The van der Waals surface area contributed by atoms with Gasteiger partial charge in [-0.3, -0.25) is 0 Å². The first-order valence-electron chi connectivity index (χ1n) is 5.25. The number of benzene rings is 1. The molecule has 2 rings (SSSR count). The minimum Gasteiger partial charge on any atom is -0.204 e. The van der Waals surface area contributed by atoms with Crippen LogP contribution in [0, 0.1) is 17.6 Å². The highest BCUT2D eigenvalue weighted by molar-refractivity contribution is 9.09. The molecule has 0 bridgehead atoms. The van der Waals surface area contributed by atoms with E-state index >= 15 is 0 Å². The lowest BCUT2D eigenvalue weighted by atomic mass is 9.97. The predicted octanol–water partition coefficient (Wildman–Crippen LogP) is 4.07. The van der Waals surface area contributed by atoms with Gasteiger partial charge in [-0.25, -0.2) is 8.78 Å². The van der Waals surface area contributed by atoms with E-state index < -0.39 is 11.6 Å². The quantitative estimate of drug-likeness (QED) is 0.714. The van der Waals surface area contributed by atoms with Crippen molar-refractivity contribution in [3.63, 3.8) is 0 Å². The fourth-order valence-corrected chi connectivity index (χ4v) is 2.99. The maximum atomic E-state index is 13.4. The van der Waals surface area contributed by atoms with Crippen molar-refractivity contribution in [2.24, 2.45) is 5.92 Å². The Labute approximate surface area is 96.8 Å². The monoisotopic (exact) mass is 274 g/mol. The Morgan fingerprint density at radius 3 is 2.73 bits per heavy atom. The van der Waals surface area contributed by atoms with Crippen LogP contribution in [0.3, 0.4) is 0 Å². The molecule has 15 heavy (non-hydrogen) atoms. The van der Waals surface area contributed by atoms with Gasteiger partial charge in [0.15, 0.2) is 11.6 Å². The molecule has 0 saturated heterocycles. The zero-order valence-electron chi connectivity index (χ0n) is 8.35. The van der Waals surface area contributed by atoms with E-state index in [1.165, 1.54) is 12.5 Å². The first-order chi connectivity index (χ1) is 7.18. The van der Waals surface area contributed by atoms with E-state index in [4.69, 9.17) is 0 Å². The Balaban J connectivity index is 2.13. The van der Waals surface area contributed by atoms with Gasteiger partial charge in [0.1, 0.15) is 0 Å². The second kappa shape index (κ2) is 4.60. The van der Waals surface area contributed by atoms with Crippen molar-refractivity contribution in [2.45, 2.75) is 30.5 Å². The van der Waals surface area contributed by atoms with E-state index in [1.54, 1.807) is 12.1 Å². The summed E-state index contributed by atoms with van der Waals surface area (Å²) in [6.45, 7) is 0. The molecule has 0 heterocycles. The molecule has 3 heteroatoms. The van der Waals surface area contributed by atoms with Crippen LogP contribution in [-0.2, 0) is 6.42 Å². The molecular weight excluding hydrogens is 262 g/mol. The van der Waals surface area contributed by atoms with Gasteiger partial charge >= 0.3 is 0 Å². The summed E-state index contributed by atoms with van der Waals surface area (Å²) in [5.74, 6) is -0.970. The summed E-state index contributed by atoms with van der Waals surface area (Å²) in [7, 11) is 0. The third kappa shape index (κ3) is 2.39. The molecule has 2 atom stereocenters. The van der Waals surface area contributed by atoms with Crippen LogP contribution in [0.4, 0.5) is 8.78 Å². The van der Waals surface area contributed by atoms with E-state index in [-0.39, 0.29) is 0 Å². The third-order valence-electron chi connectivity index (χ3n) is 3.08. The Bertz CT molecular complexity index is 351. The van der Waals surface area contributed by atoms with Crippen LogP contribution in [0.2, 0.25) is 0 Å². The average Bonchev–Trinajstić information content (AvgIpc) is 2.60. The minimum absolute atomic E-state index is 0.446. The summed E-state index contributed by atoms with van der Waals surface area (Å²) >= 11 is 3.59. The summed E-state index contributed by atoms with van der Waals surface area (Å²) in [5.41, 5.74) is 0.506. The van der Waals surface area contributed by atoms with Crippen molar-refractivity contribution in [1.29, 1.82) is 0 Å².